The fourth-order valence-electron chi connectivity index (χ4n) is 4.34. The molecular weight excluding hydrogens is 296 g/mol. The van der Waals surface area contributed by atoms with E-state index < -0.39 is 0 Å². The van der Waals surface area contributed by atoms with E-state index in [1.54, 1.807) is 0 Å². The minimum atomic E-state index is 0.181. The Hall–Kier alpha value is -1.35. The minimum absolute atomic E-state index is 0.181. The van der Waals surface area contributed by atoms with Gasteiger partial charge in [-0.3, -0.25) is 4.79 Å². The van der Waals surface area contributed by atoms with Crippen LogP contribution in [0.15, 0.2) is 18.2 Å². The van der Waals surface area contributed by atoms with Gasteiger partial charge in [0, 0.05) is 24.2 Å². The molecule has 3 nitrogen and oxygen atoms in total. The van der Waals surface area contributed by atoms with E-state index >= 15 is 0 Å². The maximum atomic E-state index is 12.6. The third-order valence-corrected chi connectivity index (χ3v) is 5.68. The van der Waals surface area contributed by atoms with E-state index in [1.165, 1.54) is 24.0 Å². The molecule has 2 heterocycles. The summed E-state index contributed by atoms with van der Waals surface area (Å²) in [6.45, 7) is 8.81. The second kappa shape index (κ2) is 7.26. The van der Waals surface area contributed by atoms with Gasteiger partial charge in [-0.15, -0.1) is 0 Å². The Morgan fingerprint density at radius 3 is 2.38 bits per heavy atom. The Kier molecular flexibility index (Phi) is 5.29. The fourth-order valence-corrected chi connectivity index (χ4v) is 4.34. The molecule has 132 valence electrons. The molecule has 2 fully saturated rings. The van der Waals surface area contributed by atoms with Gasteiger partial charge in [0.2, 0.25) is 5.91 Å². The van der Waals surface area contributed by atoms with E-state index in [0.29, 0.717) is 36.3 Å². The normalized spacial score (nSPS) is 26.2. The summed E-state index contributed by atoms with van der Waals surface area (Å²) < 4.78 is 0. The number of hydrogen-bond donors (Lipinski definition) is 2. The highest BCUT2D eigenvalue weighted by Crippen LogP contribution is 2.33. The predicted octanol–water partition coefficient (Wildman–Crippen LogP) is 4.79. The summed E-state index contributed by atoms with van der Waals surface area (Å²) in [5.41, 5.74) is 3.59. The molecule has 2 bridgehead atoms. The molecule has 0 saturated carbocycles. The van der Waals surface area contributed by atoms with Crippen molar-refractivity contribution in [2.75, 3.05) is 5.32 Å². The second-order valence-electron chi connectivity index (χ2n) is 8.38. The molecule has 3 rings (SSSR count). The molecule has 2 aliphatic rings. The number of hydrogen-bond acceptors (Lipinski definition) is 2. The summed E-state index contributed by atoms with van der Waals surface area (Å²) >= 11 is 0. The number of fused-ring (bicyclic) bond motifs is 2. The van der Waals surface area contributed by atoms with Gasteiger partial charge in [-0.05, 0) is 60.6 Å². The van der Waals surface area contributed by atoms with Gasteiger partial charge >= 0.3 is 0 Å². The summed E-state index contributed by atoms with van der Waals surface area (Å²) in [6.07, 6.45) is 5.56. The average molecular weight is 328 g/mol. The van der Waals surface area contributed by atoms with Crippen molar-refractivity contribution in [1.29, 1.82) is 0 Å². The highest BCUT2D eigenvalue weighted by atomic mass is 16.1. The van der Waals surface area contributed by atoms with Crippen molar-refractivity contribution in [1.82, 2.24) is 5.32 Å². The van der Waals surface area contributed by atoms with Gasteiger partial charge in [0.25, 0.3) is 0 Å². The first-order valence-corrected chi connectivity index (χ1v) is 9.62. The van der Waals surface area contributed by atoms with Crippen LogP contribution in [-0.2, 0) is 4.79 Å². The number of rotatable bonds is 5. The van der Waals surface area contributed by atoms with Crippen LogP contribution in [0.5, 0.6) is 0 Å². The van der Waals surface area contributed by atoms with Crippen LogP contribution in [0, 0.1) is 5.92 Å². The number of piperidine rings is 1. The van der Waals surface area contributed by atoms with Crippen molar-refractivity contribution < 1.29 is 4.79 Å². The first-order valence-electron chi connectivity index (χ1n) is 9.62. The van der Waals surface area contributed by atoms with Crippen LogP contribution >= 0.6 is 0 Å². The number of nitrogens with one attached hydrogen (secondary N) is 2. The molecular formula is C21H32N2O. The van der Waals surface area contributed by atoms with Crippen molar-refractivity contribution in [3.8, 4) is 0 Å². The highest BCUT2D eigenvalue weighted by molar-refractivity contribution is 5.91. The van der Waals surface area contributed by atoms with Crippen LogP contribution in [0.25, 0.3) is 0 Å². The molecule has 2 aliphatic heterocycles. The van der Waals surface area contributed by atoms with Gasteiger partial charge in [-0.1, -0.05) is 39.8 Å². The van der Waals surface area contributed by atoms with Gasteiger partial charge < -0.3 is 10.6 Å². The Morgan fingerprint density at radius 2 is 1.79 bits per heavy atom. The smallest absolute Gasteiger partial charge is 0.224 e. The standard InChI is InChI=1S/C21H32N2O/c1-13(2)16-5-8-20(19(12-16)14(3)4)23-21(24)11-15-9-17-6-7-18(10-15)22-17/h5,8,12-15,17-18,22H,6-7,9-11H2,1-4H3,(H,23,24). The molecule has 1 amide bonds. The van der Waals surface area contributed by atoms with E-state index in [1.807, 2.05) is 0 Å². The monoisotopic (exact) mass is 328 g/mol. The molecule has 2 N–H and O–H groups in total. The quantitative estimate of drug-likeness (QED) is 0.815. The largest absolute Gasteiger partial charge is 0.326 e. The van der Waals surface area contributed by atoms with Crippen LogP contribution < -0.4 is 10.6 Å². The van der Waals surface area contributed by atoms with Gasteiger partial charge in [-0.25, -0.2) is 0 Å². The number of anilines is 1. The lowest BCUT2D eigenvalue weighted by Crippen LogP contribution is -2.39. The van der Waals surface area contributed by atoms with Gasteiger partial charge in [0.15, 0.2) is 0 Å². The van der Waals surface area contributed by atoms with E-state index in [2.05, 4.69) is 56.5 Å². The topological polar surface area (TPSA) is 41.1 Å². The molecule has 2 atom stereocenters. The summed E-state index contributed by atoms with van der Waals surface area (Å²) in [6, 6.07) is 7.80. The number of amides is 1. The van der Waals surface area contributed by atoms with Crippen LogP contribution in [0.4, 0.5) is 5.69 Å². The van der Waals surface area contributed by atoms with Crippen molar-refractivity contribution in [3.05, 3.63) is 29.3 Å². The zero-order valence-electron chi connectivity index (χ0n) is 15.6. The summed E-state index contributed by atoms with van der Waals surface area (Å²) in [5, 5.41) is 6.85. The molecule has 24 heavy (non-hydrogen) atoms. The summed E-state index contributed by atoms with van der Waals surface area (Å²) in [4.78, 5) is 12.6. The number of benzene rings is 1. The summed E-state index contributed by atoms with van der Waals surface area (Å²) in [7, 11) is 0. The van der Waals surface area contributed by atoms with Gasteiger partial charge in [-0.2, -0.15) is 0 Å². The summed E-state index contributed by atoms with van der Waals surface area (Å²) in [5.74, 6) is 1.65. The third kappa shape index (κ3) is 4.00. The lowest BCUT2D eigenvalue weighted by atomic mass is 9.89. The lowest BCUT2D eigenvalue weighted by molar-refractivity contribution is -0.117. The highest BCUT2D eigenvalue weighted by Gasteiger charge is 2.34. The Bertz CT molecular complexity index is 582. The lowest BCUT2D eigenvalue weighted by Gasteiger charge is -2.28. The van der Waals surface area contributed by atoms with Crippen molar-refractivity contribution in [2.45, 2.75) is 83.7 Å². The zero-order valence-corrected chi connectivity index (χ0v) is 15.6. The Labute approximate surface area is 146 Å². The zero-order chi connectivity index (χ0) is 17.3. The van der Waals surface area contributed by atoms with E-state index in [4.69, 9.17) is 0 Å². The van der Waals surface area contributed by atoms with Crippen LogP contribution in [0.1, 0.15) is 82.8 Å². The Morgan fingerprint density at radius 1 is 1.12 bits per heavy atom. The van der Waals surface area contributed by atoms with E-state index in [-0.39, 0.29) is 5.91 Å². The first kappa shape index (κ1) is 17.5. The number of carbonyl (C=O) groups excluding carboxylic acids is 1. The predicted molar refractivity (Wildman–Crippen MR) is 101 cm³/mol. The SMILES string of the molecule is CC(C)c1ccc(NC(=O)CC2CC3CCC(C2)N3)c(C(C)C)c1. The molecule has 3 heteroatoms. The molecule has 0 radical (unpaired) electrons. The van der Waals surface area contributed by atoms with Gasteiger partial charge in [0.1, 0.15) is 0 Å². The molecule has 2 unspecified atom stereocenters. The molecule has 2 saturated heterocycles. The molecule has 1 aromatic rings. The van der Waals surface area contributed by atoms with Crippen LogP contribution in [0.3, 0.4) is 0 Å². The van der Waals surface area contributed by atoms with E-state index in [0.717, 1.165) is 18.5 Å². The van der Waals surface area contributed by atoms with Crippen LogP contribution in [-0.4, -0.2) is 18.0 Å². The maximum Gasteiger partial charge on any atom is 0.224 e. The van der Waals surface area contributed by atoms with E-state index in [9.17, 15) is 4.79 Å². The molecule has 0 aromatic heterocycles. The van der Waals surface area contributed by atoms with Crippen molar-refractivity contribution in [2.24, 2.45) is 5.92 Å². The molecule has 0 aliphatic carbocycles. The maximum absolute atomic E-state index is 12.6. The second-order valence-corrected chi connectivity index (χ2v) is 8.38. The third-order valence-electron chi connectivity index (χ3n) is 5.68. The first-order chi connectivity index (χ1) is 11.4. The Balaban J connectivity index is 1.65. The van der Waals surface area contributed by atoms with Crippen molar-refractivity contribution in [3.63, 3.8) is 0 Å². The molecule has 0 spiro atoms. The average Bonchev–Trinajstić information content (AvgIpc) is 2.85. The number of carbonyl (C=O) groups is 1. The van der Waals surface area contributed by atoms with Crippen molar-refractivity contribution >= 4 is 11.6 Å². The van der Waals surface area contributed by atoms with Crippen LogP contribution in [0.2, 0.25) is 0 Å². The van der Waals surface area contributed by atoms with Gasteiger partial charge in [0.05, 0.1) is 0 Å². The molecule has 1 aromatic carbocycles. The fraction of sp³-hybridized carbons (Fsp3) is 0.667. The minimum Gasteiger partial charge on any atom is -0.326 e.